The average molecular weight is 631 g/mol. The van der Waals surface area contributed by atoms with Crippen molar-refractivity contribution in [3.63, 3.8) is 0 Å². The summed E-state index contributed by atoms with van der Waals surface area (Å²) in [5.41, 5.74) is 5.17. The van der Waals surface area contributed by atoms with Gasteiger partial charge >= 0.3 is 5.97 Å². The standard InChI is InChI=1S/C37H31FN4O5/c1-37(22-46-23-37)13-12-26-17-27(31-4-3-5-35(41-31)47-21-29-7-6-24(20-39)16-30(29)38)9-8-25(26)19-34-40-32-11-10-28(36(43)44)18-33(32)42(34)14-15-45-2/h3-11,16-18H,14-15,19,21-23H2,1-2H3,(H,43,44). The van der Waals surface area contributed by atoms with Crippen molar-refractivity contribution in [1.29, 1.82) is 5.26 Å². The molecule has 1 fully saturated rings. The molecule has 236 valence electrons. The Morgan fingerprint density at radius 2 is 1.91 bits per heavy atom. The van der Waals surface area contributed by atoms with Gasteiger partial charge in [0.15, 0.2) is 0 Å². The summed E-state index contributed by atoms with van der Waals surface area (Å²) in [5, 5.41) is 18.6. The molecule has 9 nitrogen and oxygen atoms in total. The van der Waals surface area contributed by atoms with Crippen LogP contribution in [-0.4, -0.2) is 52.5 Å². The van der Waals surface area contributed by atoms with Gasteiger partial charge in [0.2, 0.25) is 5.88 Å². The van der Waals surface area contributed by atoms with Crippen LogP contribution in [0, 0.1) is 34.4 Å². The summed E-state index contributed by atoms with van der Waals surface area (Å²) in [6.45, 7) is 4.09. The maximum Gasteiger partial charge on any atom is 0.335 e. The van der Waals surface area contributed by atoms with E-state index in [1.807, 2.05) is 41.0 Å². The quantitative estimate of drug-likeness (QED) is 0.186. The van der Waals surface area contributed by atoms with Gasteiger partial charge in [-0.3, -0.25) is 0 Å². The second kappa shape index (κ2) is 13.4. The van der Waals surface area contributed by atoms with Crippen LogP contribution in [-0.2, 0) is 29.0 Å². The maximum atomic E-state index is 14.4. The van der Waals surface area contributed by atoms with Gasteiger partial charge in [0.25, 0.3) is 0 Å². The van der Waals surface area contributed by atoms with E-state index >= 15 is 0 Å². The maximum absolute atomic E-state index is 14.4. The highest BCUT2D eigenvalue weighted by molar-refractivity contribution is 5.92. The Morgan fingerprint density at radius 3 is 2.64 bits per heavy atom. The van der Waals surface area contributed by atoms with Crippen LogP contribution in [0.25, 0.3) is 22.3 Å². The number of hydrogen-bond donors (Lipinski definition) is 1. The molecule has 1 N–H and O–H groups in total. The number of carbonyl (C=O) groups is 1. The predicted octanol–water partition coefficient (Wildman–Crippen LogP) is 6.01. The second-order valence-electron chi connectivity index (χ2n) is 11.6. The number of nitrogens with zero attached hydrogens (tertiary/aromatic N) is 4. The van der Waals surface area contributed by atoms with Gasteiger partial charge in [0.1, 0.15) is 18.2 Å². The first-order valence-electron chi connectivity index (χ1n) is 15.0. The van der Waals surface area contributed by atoms with E-state index in [4.69, 9.17) is 24.5 Å². The Labute approximate surface area is 271 Å². The van der Waals surface area contributed by atoms with E-state index < -0.39 is 11.8 Å². The number of imidazole rings is 1. The molecule has 1 aliphatic rings. The minimum atomic E-state index is -1.00. The fraction of sp³-hybridized carbons (Fsp3) is 0.243. The highest BCUT2D eigenvalue weighted by Gasteiger charge is 2.31. The normalized spacial score (nSPS) is 13.3. The molecule has 5 aromatic rings. The van der Waals surface area contributed by atoms with Gasteiger partial charge in [-0.15, -0.1) is 0 Å². The van der Waals surface area contributed by atoms with Crippen LogP contribution in [0.4, 0.5) is 4.39 Å². The van der Waals surface area contributed by atoms with E-state index in [-0.39, 0.29) is 23.1 Å². The number of aromatic carboxylic acids is 1. The van der Waals surface area contributed by atoms with Crippen molar-refractivity contribution < 1.29 is 28.5 Å². The number of methoxy groups -OCH3 is 1. The average Bonchev–Trinajstić information content (AvgIpc) is 3.41. The first-order chi connectivity index (χ1) is 22.7. The predicted molar refractivity (Wildman–Crippen MR) is 172 cm³/mol. The Kier molecular flexibility index (Phi) is 8.99. The summed E-state index contributed by atoms with van der Waals surface area (Å²) in [6.07, 6.45) is 0.449. The van der Waals surface area contributed by atoms with Crippen molar-refractivity contribution in [2.45, 2.75) is 26.5 Å². The number of aromatic nitrogens is 3. The van der Waals surface area contributed by atoms with Crippen molar-refractivity contribution in [3.8, 4) is 35.0 Å². The molecule has 0 amide bonds. The zero-order valence-electron chi connectivity index (χ0n) is 25.9. The molecule has 1 saturated heterocycles. The molecule has 0 radical (unpaired) electrons. The van der Waals surface area contributed by atoms with Gasteiger partial charge < -0.3 is 23.9 Å². The third kappa shape index (κ3) is 7.00. The van der Waals surface area contributed by atoms with Crippen LogP contribution in [0.3, 0.4) is 0 Å². The largest absolute Gasteiger partial charge is 0.478 e. The zero-order chi connectivity index (χ0) is 33.0. The number of pyridine rings is 1. The van der Waals surface area contributed by atoms with Gasteiger partial charge in [-0.25, -0.2) is 19.2 Å². The van der Waals surface area contributed by atoms with Gasteiger partial charge in [0, 0.05) is 42.8 Å². The minimum Gasteiger partial charge on any atom is -0.478 e. The molecule has 0 spiro atoms. The molecule has 47 heavy (non-hydrogen) atoms. The first kappa shape index (κ1) is 31.4. The molecule has 3 heterocycles. The Morgan fingerprint density at radius 1 is 1.09 bits per heavy atom. The molecule has 0 aliphatic carbocycles. The minimum absolute atomic E-state index is 0.0393. The second-order valence-corrected chi connectivity index (χ2v) is 11.6. The molecule has 0 saturated carbocycles. The van der Waals surface area contributed by atoms with Gasteiger partial charge in [-0.1, -0.05) is 36.1 Å². The number of benzene rings is 3. The van der Waals surface area contributed by atoms with Crippen LogP contribution < -0.4 is 4.74 Å². The topological polar surface area (TPSA) is 119 Å². The third-order valence-corrected chi connectivity index (χ3v) is 7.97. The number of rotatable bonds is 10. The van der Waals surface area contributed by atoms with E-state index in [1.165, 1.54) is 12.1 Å². The summed E-state index contributed by atoms with van der Waals surface area (Å²) in [5.74, 6) is 6.35. The number of carboxylic acid groups (broad SMARTS) is 1. The van der Waals surface area contributed by atoms with Crippen molar-refractivity contribution in [2.75, 3.05) is 26.9 Å². The van der Waals surface area contributed by atoms with Crippen LogP contribution in [0.1, 0.15) is 45.4 Å². The summed E-state index contributed by atoms with van der Waals surface area (Å²) in [7, 11) is 1.62. The molecule has 0 unspecified atom stereocenters. The number of carboxylic acids is 1. The van der Waals surface area contributed by atoms with Crippen LogP contribution in [0.2, 0.25) is 0 Å². The molecular weight excluding hydrogens is 599 g/mol. The molecule has 1 aliphatic heterocycles. The molecule has 10 heteroatoms. The van der Waals surface area contributed by atoms with Crippen molar-refractivity contribution in [1.82, 2.24) is 14.5 Å². The highest BCUT2D eigenvalue weighted by atomic mass is 19.1. The lowest BCUT2D eigenvalue weighted by Gasteiger charge is -2.32. The fourth-order valence-corrected chi connectivity index (χ4v) is 5.29. The summed E-state index contributed by atoms with van der Waals surface area (Å²) in [4.78, 5) is 21.2. The van der Waals surface area contributed by atoms with E-state index in [2.05, 4.69) is 23.7 Å². The monoisotopic (exact) mass is 630 g/mol. The summed E-state index contributed by atoms with van der Waals surface area (Å²) < 4.78 is 33.0. The zero-order valence-corrected chi connectivity index (χ0v) is 25.9. The van der Waals surface area contributed by atoms with Gasteiger partial charge in [-0.05, 0) is 55.0 Å². The van der Waals surface area contributed by atoms with Crippen molar-refractivity contribution in [2.24, 2.45) is 5.41 Å². The third-order valence-electron chi connectivity index (χ3n) is 7.97. The van der Waals surface area contributed by atoms with Crippen LogP contribution in [0.5, 0.6) is 5.88 Å². The van der Waals surface area contributed by atoms with Crippen LogP contribution >= 0.6 is 0 Å². The molecule has 3 aromatic carbocycles. The number of nitriles is 1. The lowest BCUT2D eigenvalue weighted by molar-refractivity contribution is -0.0648. The smallest absolute Gasteiger partial charge is 0.335 e. The SMILES string of the molecule is COCCn1c(Cc2ccc(-c3cccc(OCc4ccc(C#N)cc4F)n3)cc2C#CC2(C)COC2)nc2ccc(C(=O)O)cc21. The number of ether oxygens (including phenoxy) is 3. The molecule has 2 aromatic heterocycles. The Balaban J connectivity index is 1.33. The number of halogens is 1. The molecule has 0 atom stereocenters. The Bertz CT molecular complexity index is 2080. The van der Waals surface area contributed by atoms with Crippen molar-refractivity contribution >= 4 is 17.0 Å². The Hall–Kier alpha value is -5.55. The lowest BCUT2D eigenvalue weighted by Crippen LogP contribution is -2.38. The molecular formula is C37H31FN4O5. The van der Waals surface area contributed by atoms with E-state index in [0.29, 0.717) is 55.4 Å². The van der Waals surface area contributed by atoms with E-state index in [0.717, 1.165) is 28.0 Å². The summed E-state index contributed by atoms with van der Waals surface area (Å²) >= 11 is 0. The molecule has 6 rings (SSSR count). The van der Waals surface area contributed by atoms with Gasteiger partial charge in [-0.2, -0.15) is 5.26 Å². The van der Waals surface area contributed by atoms with Gasteiger partial charge in [0.05, 0.1) is 59.2 Å². The fourth-order valence-electron chi connectivity index (χ4n) is 5.29. The van der Waals surface area contributed by atoms with E-state index in [9.17, 15) is 14.3 Å². The first-order valence-corrected chi connectivity index (χ1v) is 15.0. The summed E-state index contributed by atoms with van der Waals surface area (Å²) in [6, 6.07) is 22.5. The van der Waals surface area contributed by atoms with E-state index in [1.54, 1.807) is 37.4 Å². The van der Waals surface area contributed by atoms with Crippen molar-refractivity contribution in [3.05, 3.63) is 112 Å². The lowest BCUT2D eigenvalue weighted by atomic mass is 9.89. The molecule has 0 bridgehead atoms. The number of hydrogen-bond acceptors (Lipinski definition) is 7. The van der Waals surface area contributed by atoms with Crippen LogP contribution in [0.15, 0.2) is 72.8 Å². The number of fused-ring (bicyclic) bond motifs is 1. The highest BCUT2D eigenvalue weighted by Crippen LogP contribution is 2.29.